The quantitative estimate of drug-likeness (QED) is 0.267. The minimum atomic E-state index is 0.498. The molecular weight excluding hydrogens is 412 g/mol. The number of anilines is 2. The second-order valence-electron chi connectivity index (χ2n) is 9.09. The van der Waals surface area contributed by atoms with Crippen molar-refractivity contribution in [2.24, 2.45) is 0 Å². The summed E-state index contributed by atoms with van der Waals surface area (Å²) >= 11 is 0. The maximum atomic E-state index is 2.41. The van der Waals surface area contributed by atoms with Crippen LogP contribution in [0.2, 0.25) is 0 Å². The second kappa shape index (κ2) is 13.3. The lowest BCUT2D eigenvalue weighted by molar-refractivity contribution is 0.682. The molecule has 34 heavy (non-hydrogen) atoms. The van der Waals surface area contributed by atoms with Crippen LogP contribution in [0.5, 0.6) is 0 Å². The van der Waals surface area contributed by atoms with Gasteiger partial charge in [0.25, 0.3) is 0 Å². The Morgan fingerprint density at radius 2 is 0.676 bits per heavy atom. The third-order valence-corrected chi connectivity index (χ3v) is 5.81. The summed E-state index contributed by atoms with van der Waals surface area (Å²) in [5.41, 5.74) is 5.27. The van der Waals surface area contributed by atoms with Gasteiger partial charge in [0.1, 0.15) is 0 Å². The number of hydrogen-bond acceptors (Lipinski definition) is 2. The number of nitrogens with zero attached hydrogens (tertiary/aromatic N) is 2. The number of rotatable bonds is 8. The zero-order valence-electron chi connectivity index (χ0n) is 21.0. The van der Waals surface area contributed by atoms with Crippen molar-refractivity contribution in [3.63, 3.8) is 0 Å². The van der Waals surface area contributed by atoms with Crippen LogP contribution in [0.15, 0.2) is 121 Å². The van der Waals surface area contributed by atoms with Crippen molar-refractivity contribution in [2.75, 3.05) is 9.80 Å². The van der Waals surface area contributed by atoms with Crippen LogP contribution < -0.4 is 9.80 Å². The molecule has 0 aliphatic carbocycles. The Balaban J connectivity index is 0.000000191. The molecule has 0 aromatic heterocycles. The zero-order valence-corrected chi connectivity index (χ0v) is 21.0. The predicted octanol–water partition coefficient (Wildman–Crippen LogP) is 8.20. The Labute approximate surface area is 206 Å². The lowest BCUT2D eigenvalue weighted by Crippen LogP contribution is -2.29. The van der Waals surface area contributed by atoms with E-state index < -0.39 is 0 Å². The summed E-state index contributed by atoms with van der Waals surface area (Å²) in [6.45, 7) is 10.8. The third kappa shape index (κ3) is 7.81. The molecule has 0 aliphatic heterocycles. The molecule has 0 bridgehead atoms. The van der Waals surface area contributed by atoms with Crippen LogP contribution in [0, 0.1) is 0 Å². The highest BCUT2D eigenvalue weighted by Crippen LogP contribution is 2.20. The van der Waals surface area contributed by atoms with Gasteiger partial charge in [0, 0.05) is 36.5 Å². The molecule has 0 atom stereocenters. The summed E-state index contributed by atoms with van der Waals surface area (Å²) in [5.74, 6) is 0. The zero-order chi connectivity index (χ0) is 24.2. The van der Waals surface area contributed by atoms with Gasteiger partial charge in [-0.15, -0.1) is 0 Å². The average Bonchev–Trinajstić information content (AvgIpc) is 2.88. The average molecular weight is 451 g/mol. The van der Waals surface area contributed by atoms with Crippen molar-refractivity contribution in [3.05, 3.63) is 132 Å². The Kier molecular flexibility index (Phi) is 9.79. The standard InChI is InChI=1S/2C16H19N/c2*1-14(2)17(16-11-7-4-8-12-16)13-15-9-5-3-6-10-15/h2*3-12,14H,13H2,1-2H3. The highest BCUT2D eigenvalue weighted by molar-refractivity contribution is 5.48. The Hall–Kier alpha value is -3.52. The molecule has 0 unspecified atom stereocenters. The lowest BCUT2D eigenvalue weighted by atomic mass is 10.1. The van der Waals surface area contributed by atoms with E-state index in [1.165, 1.54) is 22.5 Å². The summed E-state index contributed by atoms with van der Waals surface area (Å²) in [6.07, 6.45) is 0. The fourth-order valence-electron chi connectivity index (χ4n) is 3.94. The fraction of sp³-hybridized carbons (Fsp3) is 0.250. The van der Waals surface area contributed by atoms with Crippen molar-refractivity contribution in [1.29, 1.82) is 0 Å². The highest BCUT2D eigenvalue weighted by atomic mass is 15.2. The molecule has 0 saturated carbocycles. The van der Waals surface area contributed by atoms with E-state index in [4.69, 9.17) is 0 Å². The van der Waals surface area contributed by atoms with Crippen LogP contribution in [0.4, 0.5) is 11.4 Å². The van der Waals surface area contributed by atoms with Gasteiger partial charge in [0.05, 0.1) is 0 Å². The monoisotopic (exact) mass is 450 g/mol. The minimum absolute atomic E-state index is 0.498. The van der Waals surface area contributed by atoms with Crippen LogP contribution in [-0.2, 0) is 13.1 Å². The Morgan fingerprint density at radius 3 is 0.941 bits per heavy atom. The van der Waals surface area contributed by atoms with Gasteiger partial charge in [-0.25, -0.2) is 0 Å². The van der Waals surface area contributed by atoms with Crippen molar-refractivity contribution in [1.82, 2.24) is 0 Å². The van der Waals surface area contributed by atoms with E-state index in [1.807, 2.05) is 0 Å². The third-order valence-electron chi connectivity index (χ3n) is 5.81. The van der Waals surface area contributed by atoms with Crippen LogP contribution in [0.25, 0.3) is 0 Å². The summed E-state index contributed by atoms with van der Waals surface area (Å²) in [5, 5.41) is 0. The van der Waals surface area contributed by atoms with E-state index in [9.17, 15) is 0 Å². The normalized spacial score (nSPS) is 10.5. The Bertz CT molecular complexity index is 956. The molecule has 0 amide bonds. The first-order valence-electron chi connectivity index (χ1n) is 12.3. The van der Waals surface area contributed by atoms with Gasteiger partial charge >= 0.3 is 0 Å². The molecule has 0 N–H and O–H groups in total. The molecule has 0 aliphatic rings. The first kappa shape index (κ1) is 25.1. The first-order valence-corrected chi connectivity index (χ1v) is 12.3. The van der Waals surface area contributed by atoms with E-state index in [1.54, 1.807) is 0 Å². The molecule has 176 valence electrons. The summed E-state index contributed by atoms with van der Waals surface area (Å²) in [4.78, 5) is 4.82. The maximum absolute atomic E-state index is 2.41. The van der Waals surface area contributed by atoms with Gasteiger partial charge in [0.15, 0.2) is 0 Å². The van der Waals surface area contributed by atoms with Gasteiger partial charge in [-0.2, -0.15) is 0 Å². The molecule has 2 heteroatoms. The van der Waals surface area contributed by atoms with Crippen LogP contribution >= 0.6 is 0 Å². The van der Waals surface area contributed by atoms with E-state index in [0.29, 0.717) is 12.1 Å². The van der Waals surface area contributed by atoms with Gasteiger partial charge in [-0.05, 0) is 63.1 Å². The second-order valence-corrected chi connectivity index (χ2v) is 9.09. The van der Waals surface area contributed by atoms with Gasteiger partial charge in [-0.3, -0.25) is 0 Å². The lowest BCUT2D eigenvalue weighted by Gasteiger charge is -2.29. The molecule has 0 spiro atoms. The topological polar surface area (TPSA) is 6.48 Å². The van der Waals surface area contributed by atoms with Gasteiger partial charge in [0.2, 0.25) is 0 Å². The SMILES string of the molecule is CC(C)N(Cc1ccccc1)c1ccccc1.CC(C)N(Cc1ccccc1)c1ccccc1. The molecule has 4 aromatic carbocycles. The number of hydrogen-bond donors (Lipinski definition) is 0. The molecule has 4 aromatic rings. The molecule has 2 nitrogen and oxygen atoms in total. The van der Waals surface area contributed by atoms with E-state index in [-0.39, 0.29) is 0 Å². The predicted molar refractivity (Wildman–Crippen MR) is 148 cm³/mol. The van der Waals surface area contributed by atoms with Crippen molar-refractivity contribution in [3.8, 4) is 0 Å². The van der Waals surface area contributed by atoms with Crippen molar-refractivity contribution >= 4 is 11.4 Å². The smallest absolute Gasteiger partial charge is 0.0432 e. The van der Waals surface area contributed by atoms with Crippen LogP contribution in [0.3, 0.4) is 0 Å². The highest BCUT2D eigenvalue weighted by Gasteiger charge is 2.11. The van der Waals surface area contributed by atoms with E-state index in [0.717, 1.165) is 13.1 Å². The van der Waals surface area contributed by atoms with Crippen molar-refractivity contribution < 1.29 is 0 Å². The maximum Gasteiger partial charge on any atom is 0.0432 e. The van der Waals surface area contributed by atoms with Crippen LogP contribution in [0.1, 0.15) is 38.8 Å². The molecule has 0 radical (unpaired) electrons. The van der Waals surface area contributed by atoms with Gasteiger partial charge < -0.3 is 9.80 Å². The molecule has 4 rings (SSSR count). The van der Waals surface area contributed by atoms with E-state index in [2.05, 4.69) is 159 Å². The fourth-order valence-corrected chi connectivity index (χ4v) is 3.94. The Morgan fingerprint density at radius 1 is 0.412 bits per heavy atom. The number of para-hydroxylation sites is 2. The first-order chi connectivity index (χ1) is 16.5. The van der Waals surface area contributed by atoms with Gasteiger partial charge in [-0.1, -0.05) is 97.1 Å². The minimum Gasteiger partial charge on any atom is -0.365 e. The molecule has 0 heterocycles. The molecular formula is C32H38N2. The molecule has 0 fully saturated rings. The van der Waals surface area contributed by atoms with Crippen molar-refractivity contribution in [2.45, 2.75) is 52.9 Å². The van der Waals surface area contributed by atoms with Crippen LogP contribution in [-0.4, -0.2) is 12.1 Å². The molecule has 0 saturated heterocycles. The largest absolute Gasteiger partial charge is 0.365 e. The summed E-state index contributed by atoms with van der Waals surface area (Å²) in [7, 11) is 0. The summed E-state index contributed by atoms with van der Waals surface area (Å²) in [6, 6.07) is 43.4. The number of benzene rings is 4. The van der Waals surface area contributed by atoms with E-state index >= 15 is 0 Å². The summed E-state index contributed by atoms with van der Waals surface area (Å²) < 4.78 is 0.